The molecule has 0 unspecified atom stereocenters. The predicted molar refractivity (Wildman–Crippen MR) is 105 cm³/mol. The van der Waals surface area contributed by atoms with Crippen LogP contribution >= 0.6 is 11.6 Å². The summed E-state index contributed by atoms with van der Waals surface area (Å²) < 4.78 is 45.3. The Morgan fingerprint density at radius 3 is 2.61 bits per heavy atom. The summed E-state index contributed by atoms with van der Waals surface area (Å²) in [5.41, 5.74) is 0.466. The van der Waals surface area contributed by atoms with Crippen molar-refractivity contribution in [1.29, 1.82) is 0 Å². The lowest BCUT2D eigenvalue weighted by molar-refractivity contribution is -0.120. The number of sulfonamides is 1. The molecule has 1 atom stereocenters. The Labute approximate surface area is 168 Å². The van der Waals surface area contributed by atoms with Gasteiger partial charge in [-0.2, -0.15) is 4.31 Å². The quantitative estimate of drug-likeness (QED) is 0.793. The van der Waals surface area contributed by atoms with E-state index in [0.29, 0.717) is 30.8 Å². The summed E-state index contributed by atoms with van der Waals surface area (Å²) in [5.74, 6) is -0.802. The largest absolute Gasteiger partial charge is 0.495 e. The van der Waals surface area contributed by atoms with Crippen molar-refractivity contribution in [3.63, 3.8) is 0 Å². The average Bonchev–Trinajstić information content (AvgIpc) is 2.69. The van der Waals surface area contributed by atoms with E-state index in [0.717, 1.165) is 0 Å². The van der Waals surface area contributed by atoms with E-state index in [1.165, 1.54) is 53.9 Å². The van der Waals surface area contributed by atoms with Crippen molar-refractivity contribution in [1.82, 2.24) is 4.31 Å². The molecular formula is C19H20ClFN2O4S. The number of hydrogen-bond donors (Lipinski definition) is 1. The molecule has 1 fully saturated rings. The number of ether oxygens (including phenoxy) is 1. The number of hydrogen-bond acceptors (Lipinski definition) is 4. The molecule has 2 aromatic rings. The Morgan fingerprint density at radius 1 is 1.25 bits per heavy atom. The minimum Gasteiger partial charge on any atom is -0.495 e. The monoisotopic (exact) mass is 426 g/mol. The first-order valence-corrected chi connectivity index (χ1v) is 10.5. The van der Waals surface area contributed by atoms with Gasteiger partial charge in [0, 0.05) is 18.8 Å². The van der Waals surface area contributed by atoms with Crippen molar-refractivity contribution in [3.8, 4) is 5.75 Å². The van der Waals surface area contributed by atoms with Crippen LogP contribution in [0.4, 0.5) is 10.1 Å². The van der Waals surface area contributed by atoms with Crippen molar-refractivity contribution in [2.75, 3.05) is 25.5 Å². The predicted octanol–water partition coefficient (Wildman–Crippen LogP) is 3.53. The maximum Gasteiger partial charge on any atom is 0.243 e. The van der Waals surface area contributed by atoms with E-state index < -0.39 is 21.8 Å². The molecule has 1 amide bonds. The standard InChI is InChI=1S/C19H20ClFN2O4S/c1-27-18-9-8-16(11-17(18)20)28(25,26)23-10-2-3-13(12-23)19(24)22-15-6-4-14(21)5-7-15/h4-9,11,13H,2-3,10,12H2,1H3,(H,22,24)/t13-/m0/s1. The van der Waals surface area contributed by atoms with E-state index in [4.69, 9.17) is 16.3 Å². The summed E-state index contributed by atoms with van der Waals surface area (Å²) in [6.45, 7) is 0.394. The topological polar surface area (TPSA) is 75.7 Å². The summed E-state index contributed by atoms with van der Waals surface area (Å²) in [6, 6.07) is 9.70. The van der Waals surface area contributed by atoms with E-state index in [1.54, 1.807) is 0 Å². The zero-order valence-electron chi connectivity index (χ0n) is 15.2. The Balaban J connectivity index is 1.73. The van der Waals surface area contributed by atoms with Crippen LogP contribution in [-0.4, -0.2) is 38.8 Å². The normalized spacial score (nSPS) is 17.9. The van der Waals surface area contributed by atoms with Gasteiger partial charge < -0.3 is 10.1 Å². The minimum absolute atomic E-state index is 0.0536. The van der Waals surface area contributed by atoms with Crippen LogP contribution in [0.5, 0.6) is 5.75 Å². The highest BCUT2D eigenvalue weighted by atomic mass is 35.5. The molecule has 0 saturated carbocycles. The number of nitrogens with zero attached hydrogens (tertiary/aromatic N) is 1. The van der Waals surface area contributed by atoms with E-state index in [2.05, 4.69) is 5.32 Å². The van der Waals surface area contributed by atoms with Crippen LogP contribution in [0, 0.1) is 11.7 Å². The summed E-state index contributed by atoms with van der Waals surface area (Å²) in [6.07, 6.45) is 1.13. The van der Waals surface area contributed by atoms with Gasteiger partial charge in [-0.15, -0.1) is 0 Å². The SMILES string of the molecule is COc1ccc(S(=O)(=O)N2CCC[C@H](C(=O)Nc3ccc(F)cc3)C2)cc1Cl. The Morgan fingerprint density at radius 2 is 1.96 bits per heavy atom. The molecule has 28 heavy (non-hydrogen) atoms. The second-order valence-electron chi connectivity index (χ2n) is 6.49. The lowest BCUT2D eigenvalue weighted by Crippen LogP contribution is -2.43. The van der Waals surface area contributed by atoms with Crippen molar-refractivity contribution in [2.24, 2.45) is 5.92 Å². The number of methoxy groups -OCH3 is 1. The third kappa shape index (κ3) is 4.45. The van der Waals surface area contributed by atoms with Crippen LogP contribution in [0.3, 0.4) is 0 Å². The van der Waals surface area contributed by atoms with Gasteiger partial charge in [0.1, 0.15) is 11.6 Å². The molecule has 9 heteroatoms. The molecule has 0 bridgehead atoms. The maximum absolute atomic E-state index is 13.0. The molecule has 3 rings (SSSR count). The lowest BCUT2D eigenvalue weighted by atomic mass is 9.99. The van der Waals surface area contributed by atoms with Gasteiger partial charge in [-0.05, 0) is 55.3 Å². The first-order valence-electron chi connectivity index (χ1n) is 8.71. The molecule has 1 aliphatic heterocycles. The molecule has 0 spiro atoms. The first kappa shape index (κ1) is 20.6. The molecule has 0 aromatic heterocycles. The fourth-order valence-corrected chi connectivity index (χ4v) is 4.98. The first-order chi connectivity index (χ1) is 13.3. The van der Waals surface area contributed by atoms with Gasteiger partial charge in [-0.3, -0.25) is 4.79 Å². The van der Waals surface area contributed by atoms with Gasteiger partial charge in [-0.1, -0.05) is 11.6 Å². The number of carbonyl (C=O) groups excluding carboxylic acids is 1. The average molecular weight is 427 g/mol. The van der Waals surface area contributed by atoms with Gasteiger partial charge in [0.15, 0.2) is 0 Å². The summed E-state index contributed by atoms with van der Waals surface area (Å²) in [4.78, 5) is 12.6. The summed E-state index contributed by atoms with van der Waals surface area (Å²) in [7, 11) is -2.34. The third-order valence-electron chi connectivity index (χ3n) is 4.63. The third-order valence-corrected chi connectivity index (χ3v) is 6.78. The van der Waals surface area contributed by atoms with Crippen molar-refractivity contribution in [3.05, 3.63) is 53.3 Å². The zero-order valence-corrected chi connectivity index (χ0v) is 16.8. The van der Waals surface area contributed by atoms with Crippen LogP contribution in [0.2, 0.25) is 5.02 Å². The molecule has 0 radical (unpaired) electrons. The number of benzene rings is 2. The summed E-state index contributed by atoms with van der Waals surface area (Å²) in [5, 5.41) is 2.91. The van der Waals surface area contributed by atoms with E-state index in [9.17, 15) is 17.6 Å². The number of halogens is 2. The maximum atomic E-state index is 13.0. The van der Waals surface area contributed by atoms with Crippen molar-refractivity contribution >= 4 is 33.2 Å². The Hall–Kier alpha value is -2.16. The van der Waals surface area contributed by atoms with Gasteiger partial charge in [0.25, 0.3) is 0 Å². The smallest absolute Gasteiger partial charge is 0.243 e. The van der Waals surface area contributed by atoms with Crippen molar-refractivity contribution < 1.29 is 22.3 Å². The van der Waals surface area contributed by atoms with Crippen LogP contribution in [0.15, 0.2) is 47.4 Å². The Kier molecular flexibility index (Phi) is 6.22. The number of amides is 1. The molecule has 2 aromatic carbocycles. The van der Waals surface area contributed by atoms with Gasteiger partial charge in [0.2, 0.25) is 15.9 Å². The molecule has 150 valence electrons. The molecule has 6 nitrogen and oxygen atoms in total. The number of rotatable bonds is 5. The number of anilines is 1. The fraction of sp³-hybridized carbons (Fsp3) is 0.316. The van der Waals surface area contributed by atoms with Crippen molar-refractivity contribution in [2.45, 2.75) is 17.7 Å². The number of piperidine rings is 1. The molecule has 1 N–H and O–H groups in total. The molecule has 1 aliphatic rings. The van der Waals surface area contributed by atoms with Crippen LogP contribution in [-0.2, 0) is 14.8 Å². The second kappa shape index (κ2) is 8.46. The molecular weight excluding hydrogens is 407 g/mol. The number of nitrogens with one attached hydrogen (secondary N) is 1. The Bertz CT molecular complexity index is 966. The van der Waals surface area contributed by atoms with Crippen LogP contribution in [0.1, 0.15) is 12.8 Å². The molecule has 1 saturated heterocycles. The minimum atomic E-state index is -3.79. The van der Waals surface area contributed by atoms with Crippen LogP contribution < -0.4 is 10.1 Å². The van der Waals surface area contributed by atoms with E-state index >= 15 is 0 Å². The van der Waals surface area contributed by atoms with Crippen LogP contribution in [0.25, 0.3) is 0 Å². The lowest BCUT2D eigenvalue weighted by Gasteiger charge is -2.31. The number of carbonyl (C=O) groups is 1. The van der Waals surface area contributed by atoms with E-state index in [1.807, 2.05) is 0 Å². The van der Waals surface area contributed by atoms with E-state index in [-0.39, 0.29) is 22.4 Å². The van der Waals surface area contributed by atoms with Gasteiger partial charge >= 0.3 is 0 Å². The molecule has 0 aliphatic carbocycles. The highest BCUT2D eigenvalue weighted by Crippen LogP contribution is 2.30. The highest BCUT2D eigenvalue weighted by molar-refractivity contribution is 7.89. The van der Waals surface area contributed by atoms with Gasteiger partial charge in [-0.25, -0.2) is 12.8 Å². The second-order valence-corrected chi connectivity index (χ2v) is 8.84. The van der Waals surface area contributed by atoms with Gasteiger partial charge in [0.05, 0.1) is 22.9 Å². The highest BCUT2D eigenvalue weighted by Gasteiger charge is 2.33. The zero-order chi connectivity index (χ0) is 20.3. The summed E-state index contributed by atoms with van der Waals surface area (Å²) >= 11 is 6.06. The fourth-order valence-electron chi connectivity index (χ4n) is 3.11. The molecule has 1 heterocycles.